The van der Waals surface area contributed by atoms with Gasteiger partial charge < -0.3 is 14.4 Å². The summed E-state index contributed by atoms with van der Waals surface area (Å²) in [5.74, 6) is 1.63. The number of aryl methyl sites for hydroxylation is 1. The van der Waals surface area contributed by atoms with Crippen LogP contribution in [0.5, 0.6) is 11.6 Å². The molecule has 5 heterocycles. The molecule has 0 saturated carbocycles. The highest BCUT2D eigenvalue weighted by Gasteiger charge is 2.27. The molecule has 0 unspecified atom stereocenters. The number of carbonyl (C=O) groups is 1. The Labute approximate surface area is 195 Å². The third-order valence-corrected chi connectivity index (χ3v) is 5.64. The average molecular weight is 464 g/mol. The number of pyridine rings is 1. The Morgan fingerprint density at radius 3 is 2.65 bits per heavy atom. The van der Waals surface area contributed by atoms with Gasteiger partial charge >= 0.3 is 6.09 Å². The number of hydrogen-bond acceptors (Lipinski definition) is 9. The van der Waals surface area contributed by atoms with Crippen LogP contribution in [0.3, 0.4) is 0 Å². The predicted molar refractivity (Wildman–Crippen MR) is 121 cm³/mol. The average Bonchev–Trinajstić information content (AvgIpc) is 3.51. The van der Waals surface area contributed by atoms with Gasteiger partial charge in [-0.1, -0.05) is 0 Å². The fourth-order valence-electron chi connectivity index (χ4n) is 3.96. The van der Waals surface area contributed by atoms with E-state index in [1.54, 1.807) is 28.2 Å². The summed E-state index contributed by atoms with van der Waals surface area (Å²) < 4.78 is 14.9. The number of fused-ring (bicyclic) bond motifs is 1. The molecule has 0 aliphatic carbocycles. The number of likely N-dealkylation sites (tertiary alicyclic amines) is 1. The van der Waals surface area contributed by atoms with Crippen molar-refractivity contribution in [2.75, 3.05) is 13.1 Å². The van der Waals surface area contributed by atoms with Gasteiger partial charge in [-0.05, 0) is 45.7 Å². The summed E-state index contributed by atoms with van der Waals surface area (Å²) in [6.45, 7) is 6.77. The fraction of sp³-hybridized carbons (Fsp3) is 0.409. The van der Waals surface area contributed by atoms with Gasteiger partial charge in [-0.2, -0.15) is 10.2 Å². The van der Waals surface area contributed by atoms with Crippen molar-refractivity contribution < 1.29 is 14.3 Å². The third kappa shape index (κ3) is 4.26. The maximum Gasteiger partial charge on any atom is 0.410 e. The van der Waals surface area contributed by atoms with Crippen LogP contribution in [0.15, 0.2) is 37.3 Å². The summed E-state index contributed by atoms with van der Waals surface area (Å²) in [5.41, 5.74) is 1.38. The lowest BCUT2D eigenvalue weighted by molar-refractivity contribution is 0.0656. The first-order valence-electron chi connectivity index (χ1n) is 11.1. The molecule has 1 aliphatic heterocycles. The first-order valence-corrected chi connectivity index (χ1v) is 11.1. The summed E-state index contributed by atoms with van der Waals surface area (Å²) in [6.07, 6.45) is 7.35. The van der Waals surface area contributed by atoms with Crippen LogP contribution in [-0.4, -0.2) is 69.7 Å². The molecule has 34 heavy (non-hydrogen) atoms. The van der Waals surface area contributed by atoms with Crippen LogP contribution >= 0.6 is 0 Å². The zero-order valence-electron chi connectivity index (χ0n) is 19.2. The standard InChI is InChI=1S/C22H25N9O3/c1-14(2)33-22(32)29-8-6-16(7-9-29)31-20-17(10-26-31)21(25-12-24-20)34-18-4-5-19(28-15(18)3)30-13-23-11-27-30/h4-5,10-14,16H,6-9H2,1-3H3. The van der Waals surface area contributed by atoms with E-state index >= 15 is 0 Å². The number of carbonyl (C=O) groups excluding carboxylic acids is 1. The second-order valence-electron chi connectivity index (χ2n) is 8.35. The molecular formula is C22H25N9O3. The molecule has 0 spiro atoms. The minimum Gasteiger partial charge on any atom is -0.447 e. The molecule has 0 aromatic carbocycles. The second kappa shape index (κ2) is 9.04. The van der Waals surface area contributed by atoms with E-state index in [0.29, 0.717) is 47.3 Å². The molecule has 4 aromatic heterocycles. The van der Waals surface area contributed by atoms with Crippen LogP contribution in [0.2, 0.25) is 0 Å². The first-order chi connectivity index (χ1) is 16.5. The Morgan fingerprint density at radius 2 is 1.94 bits per heavy atom. The maximum absolute atomic E-state index is 12.2. The number of aromatic nitrogens is 8. The maximum atomic E-state index is 12.2. The molecule has 1 saturated heterocycles. The zero-order valence-corrected chi connectivity index (χ0v) is 19.2. The lowest BCUT2D eigenvalue weighted by Crippen LogP contribution is -2.40. The normalized spacial score (nSPS) is 14.6. The van der Waals surface area contributed by atoms with Crippen molar-refractivity contribution in [1.29, 1.82) is 0 Å². The Hall–Kier alpha value is -4.09. The van der Waals surface area contributed by atoms with Crippen molar-refractivity contribution in [2.45, 2.75) is 45.8 Å². The van der Waals surface area contributed by atoms with Gasteiger partial charge in [-0.25, -0.2) is 34.1 Å². The van der Waals surface area contributed by atoms with Crippen molar-refractivity contribution in [3.8, 4) is 17.4 Å². The second-order valence-corrected chi connectivity index (χ2v) is 8.35. The van der Waals surface area contributed by atoms with Crippen LogP contribution < -0.4 is 4.74 Å². The fourth-order valence-corrected chi connectivity index (χ4v) is 3.96. The number of hydrogen-bond donors (Lipinski definition) is 0. The zero-order chi connectivity index (χ0) is 23.7. The van der Waals surface area contributed by atoms with Gasteiger partial charge in [0, 0.05) is 13.1 Å². The lowest BCUT2D eigenvalue weighted by atomic mass is 10.1. The molecule has 12 nitrogen and oxygen atoms in total. The number of ether oxygens (including phenoxy) is 2. The van der Waals surface area contributed by atoms with Crippen molar-refractivity contribution >= 4 is 17.1 Å². The van der Waals surface area contributed by atoms with E-state index in [9.17, 15) is 4.79 Å². The SMILES string of the molecule is Cc1nc(-n2cncn2)ccc1Oc1ncnc2c1cnn2C1CCN(C(=O)OC(C)C)CC1. The van der Waals surface area contributed by atoms with E-state index in [1.165, 1.54) is 12.7 Å². The molecule has 0 atom stereocenters. The first kappa shape index (κ1) is 21.7. The van der Waals surface area contributed by atoms with Crippen LogP contribution in [0, 0.1) is 6.92 Å². The van der Waals surface area contributed by atoms with Gasteiger partial charge in [0.25, 0.3) is 0 Å². The minimum atomic E-state index is -0.268. The van der Waals surface area contributed by atoms with Crippen molar-refractivity contribution in [3.05, 3.63) is 43.0 Å². The highest BCUT2D eigenvalue weighted by atomic mass is 16.6. The molecular weight excluding hydrogens is 438 g/mol. The molecule has 1 aliphatic rings. The predicted octanol–water partition coefficient (Wildman–Crippen LogP) is 3.08. The number of rotatable bonds is 5. The van der Waals surface area contributed by atoms with Gasteiger partial charge in [0.1, 0.15) is 24.4 Å². The lowest BCUT2D eigenvalue weighted by Gasteiger charge is -2.31. The van der Waals surface area contributed by atoms with E-state index in [4.69, 9.17) is 9.47 Å². The number of nitrogens with zero attached hydrogens (tertiary/aromatic N) is 9. The van der Waals surface area contributed by atoms with E-state index in [2.05, 4.69) is 30.1 Å². The quantitative estimate of drug-likeness (QED) is 0.439. The van der Waals surface area contributed by atoms with Crippen LogP contribution in [-0.2, 0) is 4.74 Å². The van der Waals surface area contributed by atoms with Gasteiger partial charge in [0.15, 0.2) is 17.2 Å². The molecule has 1 fully saturated rings. The van der Waals surface area contributed by atoms with Crippen molar-refractivity contribution in [1.82, 2.24) is 44.4 Å². The van der Waals surface area contributed by atoms with Gasteiger partial charge in [-0.3, -0.25) is 0 Å². The van der Waals surface area contributed by atoms with E-state index in [1.807, 2.05) is 31.5 Å². The minimum absolute atomic E-state index is 0.119. The van der Waals surface area contributed by atoms with Crippen molar-refractivity contribution in [3.63, 3.8) is 0 Å². The highest BCUT2D eigenvalue weighted by molar-refractivity contribution is 5.80. The molecule has 176 valence electrons. The van der Waals surface area contributed by atoms with E-state index in [0.717, 1.165) is 12.8 Å². The smallest absolute Gasteiger partial charge is 0.410 e. The molecule has 5 rings (SSSR count). The largest absolute Gasteiger partial charge is 0.447 e. The molecule has 4 aromatic rings. The van der Waals surface area contributed by atoms with Gasteiger partial charge in [-0.15, -0.1) is 0 Å². The van der Waals surface area contributed by atoms with Crippen LogP contribution in [0.25, 0.3) is 16.9 Å². The van der Waals surface area contributed by atoms with Gasteiger partial charge in [0.2, 0.25) is 5.88 Å². The third-order valence-electron chi connectivity index (χ3n) is 5.64. The van der Waals surface area contributed by atoms with E-state index in [-0.39, 0.29) is 18.2 Å². The van der Waals surface area contributed by atoms with Crippen LogP contribution in [0.4, 0.5) is 4.79 Å². The van der Waals surface area contributed by atoms with E-state index < -0.39 is 0 Å². The summed E-state index contributed by atoms with van der Waals surface area (Å²) in [5, 5.41) is 9.39. The topological polar surface area (TPSA) is 126 Å². The number of amides is 1. The Balaban J connectivity index is 1.33. The Bertz CT molecular complexity index is 1290. The Morgan fingerprint density at radius 1 is 1.12 bits per heavy atom. The van der Waals surface area contributed by atoms with Gasteiger partial charge in [0.05, 0.1) is 24.0 Å². The number of piperidine rings is 1. The molecule has 12 heteroatoms. The molecule has 0 N–H and O–H groups in total. The van der Waals surface area contributed by atoms with Crippen LogP contribution in [0.1, 0.15) is 38.4 Å². The summed E-state index contributed by atoms with van der Waals surface area (Å²) >= 11 is 0. The molecule has 1 amide bonds. The summed E-state index contributed by atoms with van der Waals surface area (Å²) in [6, 6.07) is 3.74. The summed E-state index contributed by atoms with van der Waals surface area (Å²) in [7, 11) is 0. The molecule has 0 bridgehead atoms. The Kier molecular flexibility index (Phi) is 5.78. The molecule has 0 radical (unpaired) electrons. The monoisotopic (exact) mass is 463 g/mol. The van der Waals surface area contributed by atoms with Crippen molar-refractivity contribution in [2.24, 2.45) is 0 Å². The summed E-state index contributed by atoms with van der Waals surface area (Å²) in [4.78, 5) is 31.2. The highest BCUT2D eigenvalue weighted by Crippen LogP contribution is 2.31.